The minimum atomic E-state index is -0.380. The second kappa shape index (κ2) is 7.62. The number of esters is 2. The highest BCUT2D eigenvalue weighted by atomic mass is 16.6. The Morgan fingerprint density at radius 2 is 1.81 bits per heavy atom. The third-order valence-corrected chi connectivity index (χ3v) is 4.51. The normalized spacial score (nSPS) is 30.3. The molecular weight excluding hydrogens is 268 g/mol. The average molecular weight is 296 g/mol. The van der Waals surface area contributed by atoms with Crippen LogP contribution in [-0.4, -0.2) is 24.1 Å². The summed E-state index contributed by atoms with van der Waals surface area (Å²) in [7, 11) is 0. The maximum absolute atomic E-state index is 11.7. The van der Waals surface area contributed by atoms with Gasteiger partial charge in [-0.1, -0.05) is 27.4 Å². The summed E-state index contributed by atoms with van der Waals surface area (Å²) in [6, 6.07) is 0. The maximum Gasteiger partial charge on any atom is 0.333 e. The van der Waals surface area contributed by atoms with Gasteiger partial charge >= 0.3 is 11.9 Å². The molecule has 21 heavy (non-hydrogen) atoms. The molecule has 0 aromatic heterocycles. The van der Waals surface area contributed by atoms with Crippen molar-refractivity contribution in [2.75, 3.05) is 0 Å². The van der Waals surface area contributed by atoms with Gasteiger partial charge in [0.05, 0.1) is 0 Å². The van der Waals surface area contributed by atoms with E-state index in [0.29, 0.717) is 23.8 Å². The van der Waals surface area contributed by atoms with Crippen LogP contribution in [0.5, 0.6) is 0 Å². The maximum atomic E-state index is 11.7. The van der Waals surface area contributed by atoms with Crippen LogP contribution in [0.4, 0.5) is 0 Å². The van der Waals surface area contributed by atoms with Crippen molar-refractivity contribution in [1.82, 2.24) is 0 Å². The minimum absolute atomic E-state index is 0.0509. The molecule has 1 aliphatic carbocycles. The summed E-state index contributed by atoms with van der Waals surface area (Å²) in [5.74, 6) is 0.507. The summed E-state index contributed by atoms with van der Waals surface area (Å²) in [6.45, 7) is 13.3. The van der Waals surface area contributed by atoms with Gasteiger partial charge in [-0.2, -0.15) is 0 Å². The standard InChI is InChI=1S/C17H28O4/c1-7-16(18)21-15-9-12(5)11(4)8-14(15)13(6)20-17(19)10(2)3/h11-15H,2,7-9H2,1,3-6H3/t11?,12-,13?,14?,15?/m0/s1. The Hall–Kier alpha value is -1.32. The predicted octanol–water partition coefficient (Wildman–Crippen LogP) is 3.50. The number of carbonyl (C=O) groups is 2. The van der Waals surface area contributed by atoms with E-state index in [4.69, 9.17) is 9.47 Å². The van der Waals surface area contributed by atoms with Crippen LogP contribution in [-0.2, 0) is 19.1 Å². The van der Waals surface area contributed by atoms with E-state index < -0.39 is 0 Å². The van der Waals surface area contributed by atoms with Gasteiger partial charge in [0.15, 0.2) is 0 Å². The van der Waals surface area contributed by atoms with Gasteiger partial charge < -0.3 is 9.47 Å². The van der Waals surface area contributed by atoms with Crippen molar-refractivity contribution in [2.24, 2.45) is 17.8 Å². The average Bonchev–Trinajstić information content (AvgIpc) is 2.41. The molecule has 5 atom stereocenters. The Balaban J connectivity index is 2.79. The van der Waals surface area contributed by atoms with Crippen LogP contribution in [0.25, 0.3) is 0 Å². The first kappa shape index (κ1) is 17.7. The molecule has 0 saturated heterocycles. The molecule has 1 rings (SSSR count). The minimum Gasteiger partial charge on any atom is -0.462 e. The second-order valence-electron chi connectivity index (χ2n) is 6.36. The highest BCUT2D eigenvalue weighted by Crippen LogP contribution is 2.38. The van der Waals surface area contributed by atoms with Gasteiger partial charge in [0.2, 0.25) is 0 Å². The fourth-order valence-corrected chi connectivity index (χ4v) is 2.83. The van der Waals surface area contributed by atoms with Gasteiger partial charge in [0.1, 0.15) is 12.2 Å². The van der Waals surface area contributed by atoms with E-state index in [0.717, 1.165) is 12.8 Å². The number of carbonyl (C=O) groups excluding carboxylic acids is 2. The first-order valence-electron chi connectivity index (χ1n) is 7.82. The molecule has 0 aliphatic heterocycles. The van der Waals surface area contributed by atoms with Crippen LogP contribution in [0, 0.1) is 17.8 Å². The smallest absolute Gasteiger partial charge is 0.333 e. The molecule has 0 amide bonds. The molecule has 0 radical (unpaired) electrons. The molecule has 1 aliphatic rings. The van der Waals surface area contributed by atoms with E-state index in [2.05, 4.69) is 20.4 Å². The number of hydrogen-bond donors (Lipinski definition) is 0. The Bertz CT molecular complexity index is 402. The van der Waals surface area contributed by atoms with Gasteiger partial charge in [-0.3, -0.25) is 4.79 Å². The topological polar surface area (TPSA) is 52.6 Å². The lowest BCUT2D eigenvalue weighted by molar-refractivity contribution is -0.164. The van der Waals surface area contributed by atoms with Crippen molar-refractivity contribution in [3.63, 3.8) is 0 Å². The fraction of sp³-hybridized carbons (Fsp3) is 0.765. The van der Waals surface area contributed by atoms with Gasteiger partial charge in [-0.05, 0) is 38.5 Å². The molecular formula is C17H28O4. The SMILES string of the molecule is C=C(C)C(=O)OC(C)C1CC(C)[C@@H](C)CC1OC(=O)CC. The van der Waals surface area contributed by atoms with Crippen LogP contribution in [0.2, 0.25) is 0 Å². The fourth-order valence-electron chi connectivity index (χ4n) is 2.83. The summed E-state index contributed by atoms with van der Waals surface area (Å²) < 4.78 is 11.0. The molecule has 4 heteroatoms. The first-order valence-corrected chi connectivity index (χ1v) is 7.82. The molecule has 120 valence electrons. The van der Waals surface area contributed by atoms with E-state index >= 15 is 0 Å². The second-order valence-corrected chi connectivity index (χ2v) is 6.36. The van der Waals surface area contributed by atoms with Crippen molar-refractivity contribution in [3.8, 4) is 0 Å². The van der Waals surface area contributed by atoms with Crippen molar-refractivity contribution in [1.29, 1.82) is 0 Å². The zero-order chi connectivity index (χ0) is 16.2. The molecule has 4 unspecified atom stereocenters. The quantitative estimate of drug-likeness (QED) is 0.575. The highest BCUT2D eigenvalue weighted by molar-refractivity contribution is 5.87. The molecule has 0 aromatic rings. The molecule has 0 spiro atoms. The van der Waals surface area contributed by atoms with Crippen molar-refractivity contribution in [3.05, 3.63) is 12.2 Å². The van der Waals surface area contributed by atoms with Crippen LogP contribution in [0.1, 0.15) is 53.9 Å². The Morgan fingerprint density at radius 1 is 1.24 bits per heavy atom. The van der Waals surface area contributed by atoms with E-state index in [-0.39, 0.29) is 30.1 Å². The zero-order valence-electron chi connectivity index (χ0n) is 13.8. The largest absolute Gasteiger partial charge is 0.462 e. The van der Waals surface area contributed by atoms with Crippen LogP contribution in [0.15, 0.2) is 12.2 Å². The summed E-state index contributed by atoms with van der Waals surface area (Å²) in [6.07, 6.45) is 1.64. The van der Waals surface area contributed by atoms with Gasteiger partial charge in [0, 0.05) is 17.9 Å². The van der Waals surface area contributed by atoms with Gasteiger partial charge in [-0.15, -0.1) is 0 Å². The summed E-state index contributed by atoms with van der Waals surface area (Å²) in [5, 5.41) is 0. The summed E-state index contributed by atoms with van der Waals surface area (Å²) >= 11 is 0. The Kier molecular flexibility index (Phi) is 6.43. The van der Waals surface area contributed by atoms with Crippen LogP contribution < -0.4 is 0 Å². The highest BCUT2D eigenvalue weighted by Gasteiger charge is 2.39. The molecule has 0 heterocycles. The zero-order valence-corrected chi connectivity index (χ0v) is 13.8. The number of ether oxygens (including phenoxy) is 2. The van der Waals surface area contributed by atoms with Crippen molar-refractivity contribution >= 4 is 11.9 Å². The summed E-state index contributed by atoms with van der Waals surface area (Å²) in [4.78, 5) is 23.3. The van der Waals surface area contributed by atoms with E-state index in [1.54, 1.807) is 13.8 Å². The lowest BCUT2D eigenvalue weighted by atomic mass is 9.72. The lowest BCUT2D eigenvalue weighted by Crippen LogP contribution is -2.43. The Labute approximate surface area is 127 Å². The third-order valence-electron chi connectivity index (χ3n) is 4.51. The van der Waals surface area contributed by atoms with E-state index in [9.17, 15) is 9.59 Å². The molecule has 0 aromatic carbocycles. The van der Waals surface area contributed by atoms with Crippen molar-refractivity contribution in [2.45, 2.75) is 66.1 Å². The summed E-state index contributed by atoms with van der Waals surface area (Å²) in [5.41, 5.74) is 0.390. The van der Waals surface area contributed by atoms with Gasteiger partial charge in [-0.25, -0.2) is 4.79 Å². The predicted molar refractivity (Wildman–Crippen MR) is 81.6 cm³/mol. The third kappa shape index (κ3) is 4.87. The van der Waals surface area contributed by atoms with Crippen molar-refractivity contribution < 1.29 is 19.1 Å². The number of hydrogen-bond acceptors (Lipinski definition) is 4. The molecule has 0 N–H and O–H groups in total. The first-order chi connectivity index (χ1) is 9.76. The van der Waals surface area contributed by atoms with E-state index in [1.165, 1.54) is 0 Å². The Morgan fingerprint density at radius 3 is 2.33 bits per heavy atom. The molecule has 1 saturated carbocycles. The monoisotopic (exact) mass is 296 g/mol. The van der Waals surface area contributed by atoms with Crippen LogP contribution >= 0.6 is 0 Å². The molecule has 4 nitrogen and oxygen atoms in total. The van der Waals surface area contributed by atoms with Gasteiger partial charge in [0.25, 0.3) is 0 Å². The number of rotatable bonds is 5. The van der Waals surface area contributed by atoms with Crippen LogP contribution in [0.3, 0.4) is 0 Å². The molecule has 1 fully saturated rings. The van der Waals surface area contributed by atoms with E-state index in [1.807, 2.05) is 6.92 Å². The molecule has 0 bridgehead atoms. The lowest BCUT2D eigenvalue weighted by Gasteiger charge is -2.40.